The molecule has 3 saturated heterocycles. The molecule has 4 aromatic rings. The predicted molar refractivity (Wildman–Crippen MR) is 194 cm³/mol. The van der Waals surface area contributed by atoms with Crippen LogP contribution in [0.4, 0.5) is 10.5 Å². The van der Waals surface area contributed by atoms with Crippen LogP contribution in [0.1, 0.15) is 66.8 Å². The lowest BCUT2D eigenvalue weighted by atomic mass is 9.99. The molecular formula is C41H48N4O5. The maximum Gasteiger partial charge on any atom is 0.319 e. The predicted octanol–water partition coefficient (Wildman–Crippen LogP) is 7.40. The van der Waals surface area contributed by atoms with Crippen molar-refractivity contribution in [2.75, 3.05) is 38.0 Å². The van der Waals surface area contributed by atoms with Gasteiger partial charge in [-0.3, -0.25) is 4.90 Å². The van der Waals surface area contributed by atoms with E-state index in [-0.39, 0.29) is 24.8 Å². The van der Waals surface area contributed by atoms with Gasteiger partial charge in [-0.15, -0.1) is 0 Å². The number of anilines is 1. The number of carbonyl (C=O) groups is 1. The van der Waals surface area contributed by atoms with Gasteiger partial charge < -0.3 is 34.9 Å². The van der Waals surface area contributed by atoms with Crippen molar-refractivity contribution < 1.29 is 24.1 Å². The molecule has 0 unspecified atom stereocenters. The molecule has 4 aromatic carbocycles. The zero-order valence-corrected chi connectivity index (χ0v) is 28.6. The van der Waals surface area contributed by atoms with E-state index in [1.165, 1.54) is 38.8 Å². The summed E-state index contributed by atoms with van der Waals surface area (Å²) in [6.45, 7) is 6.01. The number of likely N-dealkylation sites (tertiary alicyclic amines) is 2. The first-order valence-electron chi connectivity index (χ1n) is 18.0. The average Bonchev–Trinajstić information content (AvgIpc) is 3.84. The molecule has 9 nitrogen and oxygen atoms in total. The van der Waals surface area contributed by atoms with E-state index in [2.05, 4.69) is 32.6 Å². The number of nitrogens with zero attached hydrogens (tertiary/aromatic N) is 2. The smallest absolute Gasteiger partial charge is 0.319 e. The van der Waals surface area contributed by atoms with Crippen molar-refractivity contribution in [3.63, 3.8) is 0 Å². The van der Waals surface area contributed by atoms with Gasteiger partial charge in [-0.1, -0.05) is 66.7 Å². The molecule has 262 valence electrons. The van der Waals surface area contributed by atoms with Crippen molar-refractivity contribution in [3.05, 3.63) is 125 Å². The largest absolute Gasteiger partial charge is 0.457 e. The number of rotatable bonds is 12. The third kappa shape index (κ3) is 9.10. The van der Waals surface area contributed by atoms with E-state index in [9.17, 15) is 9.90 Å². The van der Waals surface area contributed by atoms with E-state index in [0.717, 1.165) is 54.1 Å². The Bertz CT molecular complexity index is 1650. The molecule has 0 aromatic heterocycles. The lowest BCUT2D eigenvalue weighted by Gasteiger charge is -2.39. The number of ether oxygens (including phenoxy) is 3. The molecule has 3 aliphatic rings. The van der Waals surface area contributed by atoms with Crippen molar-refractivity contribution in [2.24, 2.45) is 0 Å². The summed E-state index contributed by atoms with van der Waals surface area (Å²) in [6, 6.07) is 33.3. The fraction of sp³-hybridized carbons (Fsp3) is 0.390. The van der Waals surface area contributed by atoms with Gasteiger partial charge in [0.15, 0.2) is 6.29 Å². The summed E-state index contributed by atoms with van der Waals surface area (Å²) in [5.74, 6) is 1.46. The molecule has 3 fully saturated rings. The molecule has 0 spiro atoms. The highest BCUT2D eigenvalue weighted by molar-refractivity contribution is 5.89. The van der Waals surface area contributed by atoms with Crippen LogP contribution in [0.25, 0.3) is 0 Å². The van der Waals surface area contributed by atoms with Gasteiger partial charge in [0, 0.05) is 43.3 Å². The molecular weight excluding hydrogens is 628 g/mol. The summed E-state index contributed by atoms with van der Waals surface area (Å²) < 4.78 is 19.1. The topological polar surface area (TPSA) is 95.5 Å². The van der Waals surface area contributed by atoms with Gasteiger partial charge in [0.1, 0.15) is 11.5 Å². The highest BCUT2D eigenvalue weighted by Crippen LogP contribution is 2.39. The van der Waals surface area contributed by atoms with Crippen LogP contribution in [0.3, 0.4) is 0 Å². The second kappa shape index (κ2) is 16.6. The summed E-state index contributed by atoms with van der Waals surface area (Å²) in [5.41, 5.74) is 4.59. The van der Waals surface area contributed by atoms with Crippen molar-refractivity contribution >= 4 is 11.7 Å². The fourth-order valence-corrected chi connectivity index (χ4v) is 7.28. The molecule has 3 aliphatic heterocycles. The van der Waals surface area contributed by atoms with Crippen molar-refractivity contribution in [2.45, 2.75) is 69.8 Å². The minimum atomic E-state index is -0.505. The van der Waals surface area contributed by atoms with Crippen LogP contribution < -0.4 is 15.4 Å². The maximum atomic E-state index is 12.7. The minimum Gasteiger partial charge on any atom is -0.457 e. The molecule has 0 radical (unpaired) electrons. The molecule has 0 saturated carbocycles. The Morgan fingerprint density at radius 2 is 1.46 bits per heavy atom. The molecule has 9 heteroatoms. The quantitative estimate of drug-likeness (QED) is 0.144. The van der Waals surface area contributed by atoms with Crippen LogP contribution >= 0.6 is 0 Å². The number of hydrogen-bond acceptors (Lipinski definition) is 7. The van der Waals surface area contributed by atoms with Crippen LogP contribution in [0, 0.1) is 0 Å². The van der Waals surface area contributed by atoms with Gasteiger partial charge in [-0.2, -0.15) is 0 Å². The van der Waals surface area contributed by atoms with E-state index in [1.54, 1.807) is 0 Å². The third-order valence-electron chi connectivity index (χ3n) is 10.0. The minimum absolute atomic E-state index is 0.0219. The molecule has 0 bridgehead atoms. The van der Waals surface area contributed by atoms with E-state index in [4.69, 9.17) is 14.2 Å². The number of aliphatic hydroxyl groups excluding tert-OH is 1. The molecule has 3 N–H and O–H groups in total. The van der Waals surface area contributed by atoms with Crippen LogP contribution in [0.2, 0.25) is 0 Å². The summed E-state index contributed by atoms with van der Waals surface area (Å²) in [4.78, 5) is 17.9. The monoisotopic (exact) mass is 676 g/mol. The molecule has 7 rings (SSSR count). The third-order valence-corrected chi connectivity index (χ3v) is 10.0. The van der Waals surface area contributed by atoms with Gasteiger partial charge in [-0.25, -0.2) is 4.79 Å². The van der Waals surface area contributed by atoms with Crippen molar-refractivity contribution in [1.82, 2.24) is 15.1 Å². The van der Waals surface area contributed by atoms with Gasteiger partial charge in [0.25, 0.3) is 0 Å². The van der Waals surface area contributed by atoms with Gasteiger partial charge in [0.2, 0.25) is 0 Å². The lowest BCUT2D eigenvalue weighted by Crippen LogP contribution is -2.45. The molecule has 4 atom stereocenters. The number of carbonyl (C=O) groups excluding carboxylic acids is 1. The SMILES string of the molecule is O=C(NCc1ccc([C@@H]2O[C@H](CN3CCC[C@H]3CN3CCCC3)C[C@H](c3ccc(CO)cc3)O2)cc1)Nc1ccc(Oc2ccccc2)cc1. The number of benzene rings is 4. The Kier molecular flexibility index (Phi) is 11.4. The van der Waals surface area contributed by atoms with Crippen molar-refractivity contribution in [1.29, 1.82) is 0 Å². The number of para-hydroxylation sites is 1. The fourth-order valence-electron chi connectivity index (χ4n) is 7.28. The van der Waals surface area contributed by atoms with Crippen LogP contribution in [-0.2, 0) is 22.6 Å². The van der Waals surface area contributed by atoms with E-state index in [0.29, 0.717) is 24.0 Å². The Hall–Kier alpha value is -4.25. The van der Waals surface area contributed by atoms with Gasteiger partial charge in [-0.05, 0) is 98.4 Å². The Labute approximate surface area is 295 Å². The second-order valence-corrected chi connectivity index (χ2v) is 13.6. The van der Waals surface area contributed by atoms with E-state index >= 15 is 0 Å². The molecule has 3 heterocycles. The molecule has 50 heavy (non-hydrogen) atoms. The number of urea groups is 1. The number of hydrogen-bond donors (Lipinski definition) is 3. The number of amides is 2. The first kappa shape index (κ1) is 34.2. The second-order valence-electron chi connectivity index (χ2n) is 13.6. The van der Waals surface area contributed by atoms with Gasteiger partial charge in [0.05, 0.1) is 18.8 Å². The Morgan fingerprint density at radius 1 is 0.760 bits per heavy atom. The first-order chi connectivity index (χ1) is 24.6. The lowest BCUT2D eigenvalue weighted by molar-refractivity contribution is -0.253. The van der Waals surface area contributed by atoms with Crippen LogP contribution in [0.5, 0.6) is 11.5 Å². The number of nitrogens with one attached hydrogen (secondary N) is 2. The summed E-state index contributed by atoms with van der Waals surface area (Å²) in [5, 5.41) is 15.4. The summed E-state index contributed by atoms with van der Waals surface area (Å²) in [6.07, 6.45) is 5.30. The van der Waals surface area contributed by atoms with Crippen LogP contribution in [-0.4, -0.2) is 65.8 Å². The zero-order valence-electron chi connectivity index (χ0n) is 28.6. The average molecular weight is 677 g/mol. The summed E-state index contributed by atoms with van der Waals surface area (Å²) in [7, 11) is 0. The number of aliphatic hydroxyl groups is 1. The first-order valence-corrected chi connectivity index (χ1v) is 18.0. The highest BCUT2D eigenvalue weighted by atomic mass is 16.7. The van der Waals surface area contributed by atoms with E-state index in [1.807, 2.05) is 91.0 Å². The standard InChI is InChI=1S/C41H48N4O5/c46-29-31-12-14-32(15-13-31)39-25-38(28-45-24-6-7-35(45)27-44-22-4-5-23-44)49-40(50-39)33-16-10-30(11-17-33)26-42-41(47)43-34-18-20-37(21-19-34)48-36-8-2-1-3-9-36/h1-3,8-21,35,38-40,46H,4-7,22-29H2,(H2,42,43,47)/t35-,38-,39+,40+/m0/s1. The Morgan fingerprint density at radius 3 is 2.20 bits per heavy atom. The highest BCUT2D eigenvalue weighted by Gasteiger charge is 2.36. The molecule has 2 amide bonds. The maximum absolute atomic E-state index is 12.7. The normalized spacial score (nSPS) is 22.7. The van der Waals surface area contributed by atoms with E-state index < -0.39 is 6.29 Å². The van der Waals surface area contributed by atoms with Crippen LogP contribution in [0.15, 0.2) is 103 Å². The summed E-state index contributed by atoms with van der Waals surface area (Å²) >= 11 is 0. The zero-order chi connectivity index (χ0) is 34.1. The van der Waals surface area contributed by atoms with Crippen molar-refractivity contribution in [3.8, 4) is 11.5 Å². The molecule has 0 aliphatic carbocycles. The Balaban J connectivity index is 0.956. The van der Waals surface area contributed by atoms with Gasteiger partial charge >= 0.3 is 6.03 Å².